The van der Waals surface area contributed by atoms with E-state index in [1.165, 1.54) is 0 Å². The minimum Gasteiger partial charge on any atom is -0.333 e. The van der Waals surface area contributed by atoms with Gasteiger partial charge in [0.25, 0.3) is 0 Å². The Bertz CT molecular complexity index is 1500. The van der Waals surface area contributed by atoms with Crippen LogP contribution in [-0.4, -0.2) is 24.3 Å². The highest BCUT2D eigenvalue weighted by Crippen LogP contribution is 2.37. The second-order valence-electron chi connectivity index (χ2n) is 7.96. The standard InChI is InChI=1S/C28H21N5/c1-32-19-30-25-17-9-16-24(27(25)32)28-29-18-31-33(28)26-22(20-10-4-2-5-11-20)14-8-15-23(26)21-12-6-3-7-13-21/h2-19H,1H3. The molecule has 0 aliphatic rings. The number of rotatable bonds is 4. The van der Waals surface area contributed by atoms with Gasteiger partial charge in [-0.1, -0.05) is 84.9 Å². The number of fused-ring (bicyclic) bond motifs is 1. The summed E-state index contributed by atoms with van der Waals surface area (Å²) in [5.41, 5.74) is 8.42. The maximum Gasteiger partial charge on any atom is 0.165 e. The minimum absolute atomic E-state index is 0.782. The van der Waals surface area contributed by atoms with E-state index in [0.29, 0.717) is 0 Å². The normalized spacial score (nSPS) is 11.2. The summed E-state index contributed by atoms with van der Waals surface area (Å²) in [6, 6.07) is 33.4. The van der Waals surface area contributed by atoms with Gasteiger partial charge in [0.2, 0.25) is 0 Å². The monoisotopic (exact) mass is 427 g/mol. The van der Waals surface area contributed by atoms with Crippen LogP contribution in [0, 0.1) is 0 Å². The first kappa shape index (κ1) is 19.2. The molecule has 0 saturated heterocycles. The number of nitrogens with zero attached hydrogens (tertiary/aromatic N) is 5. The summed E-state index contributed by atoms with van der Waals surface area (Å²) in [7, 11) is 2.01. The second-order valence-corrected chi connectivity index (χ2v) is 7.96. The summed E-state index contributed by atoms with van der Waals surface area (Å²) in [5, 5.41) is 4.73. The molecule has 0 N–H and O–H groups in total. The molecular weight excluding hydrogens is 406 g/mol. The van der Waals surface area contributed by atoms with E-state index in [-0.39, 0.29) is 0 Å². The van der Waals surface area contributed by atoms with Crippen molar-refractivity contribution in [2.75, 3.05) is 0 Å². The molecule has 5 nitrogen and oxygen atoms in total. The van der Waals surface area contributed by atoms with Crippen molar-refractivity contribution >= 4 is 11.0 Å². The summed E-state index contributed by atoms with van der Waals surface area (Å²) < 4.78 is 4.00. The zero-order valence-corrected chi connectivity index (χ0v) is 18.1. The van der Waals surface area contributed by atoms with Gasteiger partial charge in [-0.15, -0.1) is 0 Å². The highest BCUT2D eigenvalue weighted by atomic mass is 15.3. The lowest BCUT2D eigenvalue weighted by atomic mass is 9.95. The molecule has 2 heterocycles. The smallest absolute Gasteiger partial charge is 0.165 e. The van der Waals surface area contributed by atoms with Gasteiger partial charge in [-0.25, -0.2) is 14.6 Å². The Balaban J connectivity index is 1.67. The van der Waals surface area contributed by atoms with Crippen LogP contribution >= 0.6 is 0 Å². The van der Waals surface area contributed by atoms with Crippen LogP contribution in [0.2, 0.25) is 0 Å². The molecule has 33 heavy (non-hydrogen) atoms. The van der Waals surface area contributed by atoms with Crippen LogP contribution in [-0.2, 0) is 7.05 Å². The Labute approximate surface area is 191 Å². The lowest BCUT2D eigenvalue weighted by Gasteiger charge is -2.17. The first-order valence-corrected chi connectivity index (χ1v) is 10.9. The number of imidazole rings is 1. The summed E-state index contributed by atoms with van der Waals surface area (Å²) >= 11 is 0. The van der Waals surface area contributed by atoms with Gasteiger partial charge < -0.3 is 4.57 Å². The summed E-state index contributed by atoms with van der Waals surface area (Å²) in [6.07, 6.45) is 3.46. The van der Waals surface area contributed by atoms with Crippen molar-refractivity contribution in [3.05, 3.63) is 110 Å². The lowest BCUT2D eigenvalue weighted by Crippen LogP contribution is -2.05. The molecule has 0 atom stereocenters. The minimum atomic E-state index is 0.782. The second kappa shape index (κ2) is 7.88. The van der Waals surface area contributed by atoms with E-state index < -0.39 is 0 Å². The van der Waals surface area contributed by atoms with E-state index in [1.54, 1.807) is 6.33 Å². The van der Waals surface area contributed by atoms with Gasteiger partial charge in [-0.2, -0.15) is 5.10 Å². The highest BCUT2D eigenvalue weighted by Gasteiger charge is 2.20. The van der Waals surface area contributed by atoms with Crippen molar-refractivity contribution < 1.29 is 0 Å². The number of hydrogen-bond acceptors (Lipinski definition) is 3. The largest absolute Gasteiger partial charge is 0.333 e. The molecule has 0 saturated carbocycles. The molecule has 0 radical (unpaired) electrons. The third-order valence-electron chi connectivity index (χ3n) is 5.94. The van der Waals surface area contributed by atoms with Crippen LogP contribution in [0.1, 0.15) is 0 Å². The van der Waals surface area contributed by atoms with Gasteiger partial charge in [0.1, 0.15) is 6.33 Å². The molecule has 5 heteroatoms. The van der Waals surface area contributed by atoms with Gasteiger partial charge in [-0.05, 0) is 23.3 Å². The molecule has 0 aliphatic heterocycles. The molecule has 4 aromatic carbocycles. The lowest BCUT2D eigenvalue weighted by molar-refractivity contribution is 0.888. The molecule has 6 rings (SSSR count). The molecule has 6 aromatic rings. The van der Waals surface area contributed by atoms with Crippen molar-refractivity contribution in [2.45, 2.75) is 0 Å². The quantitative estimate of drug-likeness (QED) is 0.339. The first-order valence-electron chi connectivity index (χ1n) is 10.9. The SMILES string of the molecule is Cn1cnc2cccc(-c3ncnn3-c3c(-c4ccccc4)cccc3-c3ccccc3)c21. The molecule has 0 amide bonds. The van der Waals surface area contributed by atoms with Gasteiger partial charge in [-0.3, -0.25) is 0 Å². The Morgan fingerprint density at radius 1 is 0.606 bits per heavy atom. The third kappa shape index (κ3) is 3.22. The average molecular weight is 428 g/mol. The molecule has 2 aromatic heterocycles. The Kier molecular flexibility index (Phi) is 4.58. The van der Waals surface area contributed by atoms with Crippen molar-refractivity contribution in [1.29, 1.82) is 0 Å². The highest BCUT2D eigenvalue weighted by molar-refractivity contribution is 5.92. The van der Waals surface area contributed by atoms with E-state index in [9.17, 15) is 0 Å². The van der Waals surface area contributed by atoms with Gasteiger partial charge in [0, 0.05) is 23.7 Å². The molecule has 0 spiro atoms. The maximum atomic E-state index is 4.73. The Hall–Kier alpha value is -4.51. The van der Waals surface area contributed by atoms with Crippen LogP contribution in [0.3, 0.4) is 0 Å². The van der Waals surface area contributed by atoms with Crippen LogP contribution < -0.4 is 0 Å². The summed E-state index contributed by atoms with van der Waals surface area (Å²) in [6.45, 7) is 0. The fourth-order valence-corrected chi connectivity index (χ4v) is 4.45. The fraction of sp³-hybridized carbons (Fsp3) is 0.0357. The average Bonchev–Trinajstić information content (AvgIpc) is 3.52. The molecule has 0 fully saturated rings. The third-order valence-corrected chi connectivity index (χ3v) is 5.94. The molecule has 0 aliphatic carbocycles. The van der Waals surface area contributed by atoms with Gasteiger partial charge in [0.15, 0.2) is 5.82 Å². The molecule has 0 unspecified atom stereocenters. The zero-order chi connectivity index (χ0) is 22.2. The van der Waals surface area contributed by atoms with Gasteiger partial charge >= 0.3 is 0 Å². The van der Waals surface area contributed by atoms with Gasteiger partial charge in [0.05, 0.1) is 23.0 Å². The number of hydrogen-bond donors (Lipinski definition) is 0. The first-order chi connectivity index (χ1) is 16.3. The topological polar surface area (TPSA) is 48.5 Å². The number of para-hydroxylation sites is 2. The van der Waals surface area contributed by atoms with Crippen LogP contribution in [0.25, 0.3) is 50.4 Å². The predicted octanol–water partition coefficient (Wildman–Crippen LogP) is 6.16. The number of aryl methyl sites for hydroxylation is 1. The number of benzene rings is 4. The zero-order valence-electron chi connectivity index (χ0n) is 18.1. The Morgan fingerprint density at radius 3 is 1.88 bits per heavy atom. The van der Waals surface area contributed by atoms with Crippen molar-refractivity contribution in [3.8, 4) is 39.3 Å². The summed E-state index contributed by atoms with van der Waals surface area (Å²) in [4.78, 5) is 9.24. The van der Waals surface area contributed by atoms with Crippen molar-refractivity contribution in [1.82, 2.24) is 24.3 Å². The summed E-state index contributed by atoms with van der Waals surface area (Å²) in [5.74, 6) is 0.782. The molecule has 158 valence electrons. The van der Waals surface area contributed by atoms with E-state index in [2.05, 4.69) is 77.8 Å². The van der Waals surface area contributed by atoms with E-state index in [4.69, 9.17) is 10.1 Å². The van der Waals surface area contributed by atoms with Crippen LogP contribution in [0.15, 0.2) is 110 Å². The number of aromatic nitrogens is 5. The fourth-order valence-electron chi connectivity index (χ4n) is 4.45. The van der Waals surface area contributed by atoms with Crippen LogP contribution in [0.4, 0.5) is 0 Å². The predicted molar refractivity (Wildman–Crippen MR) is 132 cm³/mol. The van der Waals surface area contributed by atoms with Crippen LogP contribution in [0.5, 0.6) is 0 Å². The van der Waals surface area contributed by atoms with E-state index in [1.807, 2.05) is 46.9 Å². The van der Waals surface area contributed by atoms with E-state index >= 15 is 0 Å². The molecular formula is C28H21N5. The maximum absolute atomic E-state index is 4.73. The molecule has 0 bridgehead atoms. The van der Waals surface area contributed by atoms with E-state index in [0.717, 1.165) is 50.4 Å². The Morgan fingerprint density at radius 2 is 1.21 bits per heavy atom. The van der Waals surface area contributed by atoms with Crippen molar-refractivity contribution in [2.24, 2.45) is 7.05 Å². The van der Waals surface area contributed by atoms with Crippen molar-refractivity contribution in [3.63, 3.8) is 0 Å².